The summed E-state index contributed by atoms with van der Waals surface area (Å²) in [6.45, 7) is 0. The van der Waals surface area contributed by atoms with Gasteiger partial charge in [0.1, 0.15) is 5.69 Å². The number of anilines is 1. The highest BCUT2D eigenvalue weighted by molar-refractivity contribution is 14.1. The number of amides is 1. The second-order valence-corrected chi connectivity index (χ2v) is 5.39. The number of nitrogens with zero attached hydrogens (tertiary/aromatic N) is 1. The molecule has 0 saturated heterocycles. The van der Waals surface area contributed by atoms with E-state index in [4.69, 9.17) is 16.7 Å². The maximum atomic E-state index is 12.0. The van der Waals surface area contributed by atoms with E-state index in [0.717, 1.165) is 3.57 Å². The second kappa shape index (κ2) is 6.19. The Morgan fingerprint density at radius 3 is 2.55 bits per heavy atom. The van der Waals surface area contributed by atoms with E-state index in [1.54, 1.807) is 18.2 Å². The molecule has 102 valence electrons. The van der Waals surface area contributed by atoms with E-state index >= 15 is 0 Å². The van der Waals surface area contributed by atoms with Gasteiger partial charge in [0.15, 0.2) is 0 Å². The van der Waals surface area contributed by atoms with Gasteiger partial charge in [0.05, 0.1) is 16.9 Å². The molecule has 2 rings (SSSR count). The van der Waals surface area contributed by atoms with Crippen LogP contribution in [0, 0.1) is 3.57 Å². The molecule has 0 aliphatic rings. The van der Waals surface area contributed by atoms with Crippen molar-refractivity contribution in [3.05, 3.63) is 56.4 Å². The fourth-order valence-electron chi connectivity index (χ4n) is 1.43. The zero-order valence-electron chi connectivity index (χ0n) is 9.93. The summed E-state index contributed by atoms with van der Waals surface area (Å²) in [7, 11) is 0. The van der Waals surface area contributed by atoms with Gasteiger partial charge in [0, 0.05) is 9.13 Å². The number of pyridine rings is 1. The summed E-state index contributed by atoms with van der Waals surface area (Å²) in [5.41, 5.74) is 0.743. The van der Waals surface area contributed by atoms with Crippen LogP contribution in [-0.4, -0.2) is 22.0 Å². The summed E-state index contributed by atoms with van der Waals surface area (Å²) < 4.78 is 0.855. The maximum absolute atomic E-state index is 12.0. The maximum Gasteiger partial charge on any atom is 0.354 e. The van der Waals surface area contributed by atoms with E-state index in [2.05, 4.69) is 32.9 Å². The van der Waals surface area contributed by atoms with Gasteiger partial charge in [0.2, 0.25) is 0 Å². The van der Waals surface area contributed by atoms with Crippen molar-refractivity contribution in [2.45, 2.75) is 0 Å². The van der Waals surface area contributed by atoms with Crippen molar-refractivity contribution in [1.82, 2.24) is 4.98 Å². The second-order valence-electron chi connectivity index (χ2n) is 3.82. The topological polar surface area (TPSA) is 79.3 Å². The van der Waals surface area contributed by atoms with Crippen LogP contribution in [0.4, 0.5) is 5.69 Å². The van der Waals surface area contributed by atoms with Crippen molar-refractivity contribution in [1.29, 1.82) is 0 Å². The molecule has 20 heavy (non-hydrogen) atoms. The molecule has 0 saturated carbocycles. The molecule has 5 nitrogen and oxygen atoms in total. The number of hydrogen-bond acceptors (Lipinski definition) is 3. The van der Waals surface area contributed by atoms with Crippen LogP contribution in [0.5, 0.6) is 0 Å². The minimum absolute atomic E-state index is 0.0830. The molecule has 1 aromatic carbocycles. The number of hydrogen-bond donors (Lipinski definition) is 2. The number of aromatic nitrogens is 1. The van der Waals surface area contributed by atoms with Crippen molar-refractivity contribution in [3.8, 4) is 0 Å². The van der Waals surface area contributed by atoms with Gasteiger partial charge < -0.3 is 10.4 Å². The number of benzene rings is 1. The van der Waals surface area contributed by atoms with E-state index < -0.39 is 5.97 Å². The lowest BCUT2D eigenvalue weighted by Crippen LogP contribution is -2.12. The predicted octanol–water partition coefficient (Wildman–Crippen LogP) is 3.29. The first-order chi connectivity index (χ1) is 9.47. The smallest absolute Gasteiger partial charge is 0.354 e. The average molecular weight is 403 g/mol. The number of nitrogens with one attached hydrogen (secondary N) is 1. The first-order valence-electron chi connectivity index (χ1n) is 5.43. The molecule has 0 fully saturated rings. The molecule has 1 heterocycles. The third-order valence-corrected chi connectivity index (χ3v) is 3.99. The van der Waals surface area contributed by atoms with Gasteiger partial charge in [-0.15, -0.1) is 0 Å². The molecule has 0 aliphatic heterocycles. The Morgan fingerprint density at radius 2 is 2.00 bits per heavy atom. The summed E-state index contributed by atoms with van der Waals surface area (Å²) in [5, 5.41) is 11.8. The fourth-order valence-corrected chi connectivity index (χ4v) is 1.95. The molecular weight excluding hydrogens is 395 g/mol. The highest BCUT2D eigenvalue weighted by atomic mass is 127. The zero-order valence-corrected chi connectivity index (χ0v) is 12.8. The Morgan fingerprint density at radius 1 is 1.25 bits per heavy atom. The molecule has 0 spiro atoms. The lowest BCUT2D eigenvalue weighted by Gasteiger charge is -2.06. The minimum Gasteiger partial charge on any atom is -0.477 e. The van der Waals surface area contributed by atoms with E-state index in [9.17, 15) is 9.59 Å². The molecule has 0 bridgehead atoms. The summed E-state index contributed by atoms with van der Waals surface area (Å²) in [4.78, 5) is 26.4. The number of carbonyl (C=O) groups is 2. The Balaban J connectivity index is 2.14. The first-order valence-corrected chi connectivity index (χ1v) is 6.89. The fraction of sp³-hybridized carbons (Fsp3) is 0. The number of carbonyl (C=O) groups excluding carboxylic acids is 1. The van der Waals surface area contributed by atoms with Crippen LogP contribution in [-0.2, 0) is 0 Å². The van der Waals surface area contributed by atoms with Crippen LogP contribution < -0.4 is 5.32 Å². The third-order valence-electron chi connectivity index (χ3n) is 2.42. The lowest BCUT2D eigenvalue weighted by atomic mass is 10.2. The summed E-state index contributed by atoms with van der Waals surface area (Å²) in [6.07, 6.45) is 1.29. The van der Waals surface area contributed by atoms with Crippen molar-refractivity contribution < 1.29 is 14.7 Å². The van der Waals surface area contributed by atoms with Gasteiger partial charge in [-0.1, -0.05) is 11.6 Å². The minimum atomic E-state index is -1.12. The van der Waals surface area contributed by atoms with Crippen LogP contribution >= 0.6 is 34.2 Å². The van der Waals surface area contributed by atoms with Crippen LogP contribution in [0.15, 0.2) is 36.5 Å². The van der Waals surface area contributed by atoms with Crippen LogP contribution in [0.2, 0.25) is 5.02 Å². The predicted molar refractivity (Wildman–Crippen MR) is 83.3 cm³/mol. The van der Waals surface area contributed by atoms with E-state index in [1.165, 1.54) is 18.3 Å². The molecule has 2 aromatic rings. The first kappa shape index (κ1) is 14.7. The summed E-state index contributed by atoms with van der Waals surface area (Å²) >= 11 is 8.02. The Bertz CT molecular complexity index is 674. The van der Waals surface area contributed by atoms with Gasteiger partial charge in [-0.05, 0) is 52.9 Å². The molecule has 0 aliphatic carbocycles. The molecule has 0 atom stereocenters. The number of rotatable bonds is 3. The van der Waals surface area contributed by atoms with Crippen molar-refractivity contribution in [3.63, 3.8) is 0 Å². The van der Waals surface area contributed by atoms with Crippen LogP contribution in [0.1, 0.15) is 20.8 Å². The Kier molecular flexibility index (Phi) is 4.56. The average Bonchev–Trinajstić information content (AvgIpc) is 2.42. The molecule has 0 radical (unpaired) electrons. The van der Waals surface area contributed by atoms with E-state index in [0.29, 0.717) is 16.3 Å². The van der Waals surface area contributed by atoms with Crippen molar-refractivity contribution in [2.24, 2.45) is 0 Å². The molecule has 0 unspecified atom stereocenters. The van der Waals surface area contributed by atoms with E-state index in [-0.39, 0.29) is 11.6 Å². The number of carboxylic acid groups (broad SMARTS) is 1. The summed E-state index contributed by atoms with van der Waals surface area (Å²) in [6, 6.07) is 7.75. The largest absolute Gasteiger partial charge is 0.477 e. The van der Waals surface area contributed by atoms with Crippen molar-refractivity contribution >= 4 is 51.8 Å². The highest BCUT2D eigenvalue weighted by Gasteiger charge is 2.09. The number of carboxylic acids is 1. The standard InChI is InChI=1S/C13H8ClIN2O3/c14-9-5-7(1-3-10(9)15)12(18)17-8-2-4-11(13(19)20)16-6-8/h1-6H,(H,17,18)(H,19,20). The zero-order chi connectivity index (χ0) is 14.7. The van der Waals surface area contributed by atoms with Crippen molar-refractivity contribution in [2.75, 3.05) is 5.32 Å². The van der Waals surface area contributed by atoms with Gasteiger partial charge in [-0.3, -0.25) is 4.79 Å². The molecular formula is C13H8ClIN2O3. The molecule has 1 amide bonds. The Labute approximate surface area is 133 Å². The van der Waals surface area contributed by atoms with Crippen LogP contribution in [0.25, 0.3) is 0 Å². The quantitative estimate of drug-likeness (QED) is 0.772. The number of aromatic carboxylic acids is 1. The molecule has 7 heteroatoms. The SMILES string of the molecule is O=C(Nc1ccc(C(=O)O)nc1)c1ccc(I)c(Cl)c1. The Hall–Kier alpha value is -1.67. The highest BCUT2D eigenvalue weighted by Crippen LogP contribution is 2.20. The van der Waals surface area contributed by atoms with E-state index in [1.807, 2.05) is 0 Å². The van der Waals surface area contributed by atoms with Gasteiger partial charge in [-0.25, -0.2) is 9.78 Å². The number of halogens is 2. The van der Waals surface area contributed by atoms with Crippen LogP contribution in [0.3, 0.4) is 0 Å². The summed E-state index contributed by atoms with van der Waals surface area (Å²) in [5.74, 6) is -1.46. The molecule has 1 aromatic heterocycles. The molecule has 2 N–H and O–H groups in total. The third kappa shape index (κ3) is 3.45. The van der Waals surface area contributed by atoms with Gasteiger partial charge in [-0.2, -0.15) is 0 Å². The van der Waals surface area contributed by atoms with Gasteiger partial charge >= 0.3 is 5.97 Å². The lowest BCUT2D eigenvalue weighted by molar-refractivity contribution is 0.0690. The normalized spacial score (nSPS) is 10.1. The van der Waals surface area contributed by atoms with Gasteiger partial charge in [0.25, 0.3) is 5.91 Å². The monoisotopic (exact) mass is 402 g/mol.